The second-order valence-corrected chi connectivity index (χ2v) is 9.19. The Balaban J connectivity index is 1.56. The molecule has 0 saturated heterocycles. The first-order valence-corrected chi connectivity index (χ1v) is 11.5. The average molecular weight is 466 g/mol. The van der Waals surface area contributed by atoms with Crippen molar-refractivity contribution in [2.45, 2.75) is 31.6 Å². The molecule has 1 aliphatic rings. The summed E-state index contributed by atoms with van der Waals surface area (Å²) in [6.45, 7) is 1.96. The molecule has 4 rings (SSSR count). The zero-order chi connectivity index (χ0) is 23.4. The van der Waals surface area contributed by atoms with Gasteiger partial charge in [-0.05, 0) is 86.1 Å². The normalized spacial score (nSPS) is 17.2. The van der Waals surface area contributed by atoms with Gasteiger partial charge in [0.1, 0.15) is 17.3 Å². The van der Waals surface area contributed by atoms with E-state index in [2.05, 4.69) is 30.4 Å². The largest absolute Gasteiger partial charge is 0.366 e. The standard InChI is InChI=1S/C27H29ClFN3O/c1-32(2)15-3-14-27(22-7-11-24(29)12-8-22)25-13-6-20(16-21(25)18-33-27)26(30)31-17-19-4-9-23(28)10-5-19/h4-13,16H,3,14-15,17-18H2,1-2H3,(H2,30,31). The van der Waals surface area contributed by atoms with Crippen molar-refractivity contribution in [3.05, 3.63) is 105 Å². The highest BCUT2D eigenvalue weighted by Crippen LogP contribution is 2.45. The van der Waals surface area contributed by atoms with Crippen molar-refractivity contribution in [1.29, 1.82) is 5.41 Å². The number of ether oxygens (including phenoxy) is 1. The van der Waals surface area contributed by atoms with E-state index >= 15 is 0 Å². The predicted molar refractivity (Wildman–Crippen MR) is 131 cm³/mol. The second kappa shape index (κ2) is 10.0. The number of nitrogens with one attached hydrogen (secondary N) is 2. The van der Waals surface area contributed by atoms with E-state index in [1.54, 1.807) is 0 Å². The molecule has 172 valence electrons. The summed E-state index contributed by atoms with van der Waals surface area (Å²) in [5.74, 6) is 0.107. The number of amidine groups is 1. The van der Waals surface area contributed by atoms with Crippen molar-refractivity contribution in [2.75, 3.05) is 20.6 Å². The zero-order valence-electron chi connectivity index (χ0n) is 19.0. The molecule has 2 N–H and O–H groups in total. The minimum absolute atomic E-state index is 0.254. The Kier molecular flexibility index (Phi) is 7.13. The topological polar surface area (TPSA) is 48.4 Å². The molecular formula is C27H29ClFN3O. The number of nitrogens with zero attached hydrogens (tertiary/aromatic N) is 1. The van der Waals surface area contributed by atoms with E-state index in [1.165, 1.54) is 12.1 Å². The number of hydrogen-bond acceptors (Lipinski definition) is 3. The first kappa shape index (κ1) is 23.4. The lowest BCUT2D eigenvalue weighted by Crippen LogP contribution is -2.29. The van der Waals surface area contributed by atoms with E-state index in [1.807, 2.05) is 48.5 Å². The Labute approximate surface area is 199 Å². The van der Waals surface area contributed by atoms with Gasteiger partial charge in [-0.15, -0.1) is 0 Å². The summed E-state index contributed by atoms with van der Waals surface area (Å²) in [5.41, 5.74) is 4.41. The van der Waals surface area contributed by atoms with Crippen LogP contribution in [0.25, 0.3) is 0 Å². The quantitative estimate of drug-likeness (QED) is 0.331. The Morgan fingerprint density at radius 3 is 2.52 bits per heavy atom. The fourth-order valence-corrected chi connectivity index (χ4v) is 4.52. The fourth-order valence-electron chi connectivity index (χ4n) is 4.39. The molecule has 0 aromatic heterocycles. The summed E-state index contributed by atoms with van der Waals surface area (Å²) in [6.07, 6.45) is 1.75. The summed E-state index contributed by atoms with van der Waals surface area (Å²) < 4.78 is 20.1. The van der Waals surface area contributed by atoms with Gasteiger partial charge in [-0.25, -0.2) is 4.39 Å². The molecule has 33 heavy (non-hydrogen) atoms. The van der Waals surface area contributed by atoms with Crippen LogP contribution in [0.15, 0.2) is 66.7 Å². The first-order valence-electron chi connectivity index (χ1n) is 11.1. The highest BCUT2D eigenvalue weighted by molar-refractivity contribution is 6.30. The molecule has 1 heterocycles. The van der Waals surface area contributed by atoms with Crippen LogP contribution >= 0.6 is 11.6 Å². The molecule has 3 aromatic carbocycles. The molecule has 0 fully saturated rings. The summed E-state index contributed by atoms with van der Waals surface area (Å²) >= 11 is 5.95. The summed E-state index contributed by atoms with van der Waals surface area (Å²) in [6, 6.07) is 20.3. The molecule has 1 atom stereocenters. The van der Waals surface area contributed by atoms with Crippen LogP contribution in [-0.2, 0) is 23.5 Å². The number of fused-ring (bicyclic) bond motifs is 1. The van der Waals surface area contributed by atoms with Gasteiger partial charge in [-0.1, -0.05) is 48.0 Å². The van der Waals surface area contributed by atoms with Crippen LogP contribution in [0.1, 0.15) is 40.7 Å². The third-order valence-electron chi connectivity index (χ3n) is 6.13. The van der Waals surface area contributed by atoms with Crippen LogP contribution in [0.4, 0.5) is 4.39 Å². The smallest absolute Gasteiger partial charge is 0.125 e. The Bertz CT molecular complexity index is 1120. The highest BCUT2D eigenvalue weighted by Gasteiger charge is 2.41. The van der Waals surface area contributed by atoms with Crippen LogP contribution in [0, 0.1) is 11.2 Å². The van der Waals surface area contributed by atoms with Crippen LogP contribution in [-0.4, -0.2) is 31.4 Å². The van der Waals surface area contributed by atoms with Crippen molar-refractivity contribution in [3.8, 4) is 0 Å². The lowest BCUT2D eigenvalue weighted by atomic mass is 9.81. The number of benzene rings is 3. The molecule has 3 aromatic rings. The van der Waals surface area contributed by atoms with Gasteiger partial charge in [-0.2, -0.15) is 0 Å². The lowest BCUT2D eigenvalue weighted by molar-refractivity contribution is -0.0140. The van der Waals surface area contributed by atoms with Gasteiger partial charge in [0.25, 0.3) is 0 Å². The highest BCUT2D eigenvalue weighted by atomic mass is 35.5. The molecule has 0 aliphatic carbocycles. The fraction of sp³-hybridized carbons (Fsp3) is 0.296. The molecule has 6 heteroatoms. The summed E-state index contributed by atoms with van der Waals surface area (Å²) in [4.78, 5) is 2.16. The van der Waals surface area contributed by atoms with E-state index in [0.29, 0.717) is 24.0 Å². The number of halogens is 2. The lowest BCUT2D eigenvalue weighted by Gasteiger charge is -2.31. The molecule has 1 aliphatic heterocycles. The van der Waals surface area contributed by atoms with E-state index in [4.69, 9.17) is 21.7 Å². The van der Waals surface area contributed by atoms with E-state index in [9.17, 15) is 4.39 Å². The van der Waals surface area contributed by atoms with E-state index in [-0.39, 0.29) is 5.82 Å². The van der Waals surface area contributed by atoms with Gasteiger partial charge >= 0.3 is 0 Å². The van der Waals surface area contributed by atoms with Gasteiger partial charge in [-0.3, -0.25) is 5.41 Å². The molecule has 0 spiro atoms. The molecule has 4 nitrogen and oxygen atoms in total. The van der Waals surface area contributed by atoms with Crippen LogP contribution in [0.5, 0.6) is 0 Å². The van der Waals surface area contributed by atoms with Gasteiger partial charge in [0.05, 0.1) is 6.61 Å². The maximum absolute atomic E-state index is 13.6. The molecule has 0 radical (unpaired) electrons. The van der Waals surface area contributed by atoms with Crippen molar-refractivity contribution >= 4 is 17.4 Å². The van der Waals surface area contributed by atoms with Crippen LogP contribution in [0.3, 0.4) is 0 Å². The van der Waals surface area contributed by atoms with Gasteiger partial charge in [0.15, 0.2) is 0 Å². The molecule has 0 saturated carbocycles. The summed E-state index contributed by atoms with van der Waals surface area (Å²) in [7, 11) is 4.12. The Morgan fingerprint density at radius 2 is 1.82 bits per heavy atom. The van der Waals surface area contributed by atoms with E-state index in [0.717, 1.165) is 47.2 Å². The maximum Gasteiger partial charge on any atom is 0.125 e. The van der Waals surface area contributed by atoms with E-state index < -0.39 is 5.60 Å². The first-order chi connectivity index (χ1) is 15.9. The number of rotatable bonds is 8. The third kappa shape index (κ3) is 5.27. The van der Waals surface area contributed by atoms with Crippen LogP contribution in [0.2, 0.25) is 5.02 Å². The SMILES string of the molecule is CN(C)CCCC1(c2ccc(F)cc2)OCc2cc(C(=N)NCc3ccc(Cl)cc3)ccc21. The second-order valence-electron chi connectivity index (χ2n) is 8.76. The molecule has 1 unspecified atom stereocenters. The Hall–Kier alpha value is -2.73. The zero-order valence-corrected chi connectivity index (χ0v) is 19.8. The average Bonchev–Trinajstić information content (AvgIpc) is 3.17. The van der Waals surface area contributed by atoms with Crippen molar-refractivity contribution in [2.24, 2.45) is 0 Å². The predicted octanol–water partition coefficient (Wildman–Crippen LogP) is 5.71. The third-order valence-corrected chi connectivity index (χ3v) is 6.38. The van der Waals surface area contributed by atoms with Crippen LogP contribution < -0.4 is 5.32 Å². The van der Waals surface area contributed by atoms with Gasteiger partial charge < -0.3 is 15.0 Å². The van der Waals surface area contributed by atoms with Crippen molar-refractivity contribution in [1.82, 2.24) is 10.2 Å². The van der Waals surface area contributed by atoms with Gasteiger partial charge in [0, 0.05) is 17.1 Å². The minimum atomic E-state index is -0.601. The summed E-state index contributed by atoms with van der Waals surface area (Å²) in [5, 5.41) is 12.4. The monoisotopic (exact) mass is 465 g/mol. The van der Waals surface area contributed by atoms with Gasteiger partial charge in [0.2, 0.25) is 0 Å². The molecular weight excluding hydrogens is 437 g/mol. The molecule has 0 bridgehead atoms. The minimum Gasteiger partial charge on any atom is -0.366 e. The van der Waals surface area contributed by atoms with Crippen molar-refractivity contribution in [3.63, 3.8) is 0 Å². The number of hydrogen-bond donors (Lipinski definition) is 2. The Morgan fingerprint density at radius 1 is 1.09 bits per heavy atom. The van der Waals surface area contributed by atoms with Crippen molar-refractivity contribution < 1.29 is 9.13 Å². The molecule has 0 amide bonds. The maximum atomic E-state index is 13.6.